The van der Waals surface area contributed by atoms with Gasteiger partial charge in [-0.3, -0.25) is 0 Å². The van der Waals surface area contributed by atoms with E-state index >= 15 is 0 Å². The highest BCUT2D eigenvalue weighted by molar-refractivity contribution is 5.95. The van der Waals surface area contributed by atoms with Crippen molar-refractivity contribution >= 4 is 10.9 Å². The first-order chi connectivity index (χ1) is 11.7. The van der Waals surface area contributed by atoms with Gasteiger partial charge >= 0.3 is 0 Å². The summed E-state index contributed by atoms with van der Waals surface area (Å²) >= 11 is 0. The minimum atomic E-state index is -0.549. The molecular formula is C20H20F2N2. The van der Waals surface area contributed by atoms with E-state index in [0.29, 0.717) is 5.56 Å². The van der Waals surface area contributed by atoms with Gasteiger partial charge in [-0.2, -0.15) is 0 Å². The van der Waals surface area contributed by atoms with Crippen LogP contribution < -0.4 is 0 Å². The summed E-state index contributed by atoms with van der Waals surface area (Å²) in [5, 5.41) is 1.00. The highest BCUT2D eigenvalue weighted by Crippen LogP contribution is 2.31. The zero-order chi connectivity index (χ0) is 16.5. The molecule has 3 aromatic rings. The van der Waals surface area contributed by atoms with Crippen LogP contribution in [0.3, 0.4) is 0 Å². The lowest BCUT2D eigenvalue weighted by molar-refractivity contribution is 0.324. The normalized spacial score (nSPS) is 15.4. The van der Waals surface area contributed by atoms with Gasteiger partial charge in [0.05, 0.1) is 0 Å². The average molecular weight is 326 g/mol. The summed E-state index contributed by atoms with van der Waals surface area (Å²) in [5.74, 6) is -1.07. The molecule has 0 spiro atoms. The third-order valence-electron chi connectivity index (χ3n) is 4.89. The van der Waals surface area contributed by atoms with Gasteiger partial charge in [0.25, 0.3) is 0 Å². The summed E-state index contributed by atoms with van der Waals surface area (Å²) < 4.78 is 29.6. The van der Waals surface area contributed by atoms with E-state index in [1.54, 1.807) is 0 Å². The van der Waals surface area contributed by atoms with Crippen molar-refractivity contribution in [3.8, 4) is 11.1 Å². The largest absolute Gasteiger partial charge is 0.346 e. The molecule has 0 N–H and O–H groups in total. The smallest absolute Gasteiger partial charge is 0.133 e. The molecule has 24 heavy (non-hydrogen) atoms. The first-order valence-electron chi connectivity index (χ1n) is 8.48. The van der Waals surface area contributed by atoms with Crippen LogP contribution in [0.2, 0.25) is 0 Å². The van der Waals surface area contributed by atoms with Crippen LogP contribution in [0.5, 0.6) is 0 Å². The molecule has 1 aliphatic heterocycles. The minimum absolute atomic E-state index is 0.444. The van der Waals surface area contributed by atoms with Gasteiger partial charge in [-0.05, 0) is 55.8 Å². The van der Waals surface area contributed by atoms with Crippen LogP contribution in [-0.4, -0.2) is 29.1 Å². The van der Waals surface area contributed by atoms with Crippen molar-refractivity contribution < 1.29 is 8.78 Å². The van der Waals surface area contributed by atoms with Crippen LogP contribution >= 0.6 is 0 Å². The Morgan fingerprint density at radius 1 is 0.875 bits per heavy atom. The summed E-state index contributed by atoms with van der Waals surface area (Å²) in [7, 11) is 0. The Morgan fingerprint density at radius 3 is 2.50 bits per heavy atom. The summed E-state index contributed by atoms with van der Waals surface area (Å²) in [5.41, 5.74) is 2.35. The maximum atomic E-state index is 14.2. The summed E-state index contributed by atoms with van der Waals surface area (Å²) in [6, 6.07) is 11.7. The second kappa shape index (κ2) is 6.36. The molecule has 2 aromatic carbocycles. The molecule has 4 rings (SSSR count). The second-order valence-electron chi connectivity index (χ2n) is 6.42. The minimum Gasteiger partial charge on any atom is -0.346 e. The zero-order valence-corrected chi connectivity index (χ0v) is 13.5. The third kappa shape index (κ3) is 2.82. The standard InChI is InChI=1S/C20H20F2N2/c21-15-6-7-17(19(22)14-15)16-4-3-5-20-18(16)8-11-24(20)13-12-23-9-1-2-10-23/h3-8,11,14H,1-2,9-10,12-13H2. The molecule has 1 aromatic heterocycles. The van der Waals surface area contributed by atoms with E-state index in [0.717, 1.165) is 35.6 Å². The van der Waals surface area contributed by atoms with Gasteiger partial charge in [-0.15, -0.1) is 0 Å². The van der Waals surface area contributed by atoms with E-state index in [1.165, 1.54) is 38.1 Å². The molecular weight excluding hydrogens is 306 g/mol. The molecule has 0 radical (unpaired) electrons. The predicted octanol–water partition coefficient (Wildman–Crippen LogP) is 4.68. The van der Waals surface area contributed by atoms with E-state index in [1.807, 2.05) is 18.2 Å². The third-order valence-corrected chi connectivity index (χ3v) is 4.89. The topological polar surface area (TPSA) is 8.17 Å². The van der Waals surface area contributed by atoms with E-state index in [-0.39, 0.29) is 0 Å². The van der Waals surface area contributed by atoms with Crippen LogP contribution in [0.15, 0.2) is 48.7 Å². The monoisotopic (exact) mass is 326 g/mol. The van der Waals surface area contributed by atoms with Gasteiger partial charge in [0, 0.05) is 41.8 Å². The van der Waals surface area contributed by atoms with Gasteiger partial charge < -0.3 is 9.47 Å². The zero-order valence-electron chi connectivity index (χ0n) is 13.5. The number of halogens is 2. The summed E-state index contributed by atoms with van der Waals surface area (Å²) in [6.45, 7) is 4.34. The van der Waals surface area contributed by atoms with Crippen molar-refractivity contribution in [2.24, 2.45) is 0 Å². The Morgan fingerprint density at radius 2 is 1.71 bits per heavy atom. The predicted molar refractivity (Wildman–Crippen MR) is 93.0 cm³/mol. The number of hydrogen-bond acceptors (Lipinski definition) is 1. The SMILES string of the molecule is Fc1ccc(-c2cccc3c2ccn3CCN2CCCC2)c(F)c1. The van der Waals surface area contributed by atoms with Crippen LogP contribution in [0.25, 0.3) is 22.0 Å². The number of fused-ring (bicyclic) bond motifs is 1. The van der Waals surface area contributed by atoms with Gasteiger partial charge in [0.1, 0.15) is 11.6 Å². The van der Waals surface area contributed by atoms with Crippen molar-refractivity contribution in [2.75, 3.05) is 19.6 Å². The maximum Gasteiger partial charge on any atom is 0.133 e. The highest BCUT2D eigenvalue weighted by Gasteiger charge is 2.14. The van der Waals surface area contributed by atoms with Gasteiger partial charge in [0.15, 0.2) is 0 Å². The van der Waals surface area contributed by atoms with Crippen molar-refractivity contribution in [3.63, 3.8) is 0 Å². The molecule has 0 atom stereocenters. The highest BCUT2D eigenvalue weighted by atomic mass is 19.1. The lowest BCUT2D eigenvalue weighted by atomic mass is 10.0. The quantitative estimate of drug-likeness (QED) is 0.676. The fourth-order valence-corrected chi connectivity index (χ4v) is 3.62. The molecule has 2 nitrogen and oxygen atoms in total. The molecule has 124 valence electrons. The molecule has 0 unspecified atom stereocenters. The Kier molecular flexibility index (Phi) is 4.07. The Hall–Kier alpha value is -2.20. The number of hydrogen-bond donors (Lipinski definition) is 0. The maximum absolute atomic E-state index is 14.2. The van der Waals surface area contributed by atoms with Crippen LogP contribution in [-0.2, 0) is 6.54 Å². The molecule has 1 saturated heterocycles. The van der Waals surface area contributed by atoms with Gasteiger partial charge in [0.2, 0.25) is 0 Å². The Labute approximate surface area is 140 Å². The van der Waals surface area contributed by atoms with Crippen molar-refractivity contribution in [1.29, 1.82) is 0 Å². The fraction of sp³-hybridized carbons (Fsp3) is 0.300. The molecule has 0 bridgehead atoms. The lowest BCUT2D eigenvalue weighted by Crippen LogP contribution is -2.23. The van der Waals surface area contributed by atoms with Crippen LogP contribution in [0.1, 0.15) is 12.8 Å². The van der Waals surface area contributed by atoms with Crippen molar-refractivity contribution in [1.82, 2.24) is 9.47 Å². The number of nitrogens with zero attached hydrogens (tertiary/aromatic N) is 2. The molecule has 0 saturated carbocycles. The first kappa shape index (κ1) is 15.3. The summed E-state index contributed by atoms with van der Waals surface area (Å²) in [4.78, 5) is 2.48. The Bertz CT molecular complexity index is 863. The molecule has 2 heterocycles. The number of rotatable bonds is 4. The molecule has 1 fully saturated rings. The van der Waals surface area contributed by atoms with Crippen LogP contribution in [0, 0.1) is 11.6 Å². The van der Waals surface area contributed by atoms with Crippen molar-refractivity contribution in [2.45, 2.75) is 19.4 Å². The molecule has 4 heteroatoms. The average Bonchev–Trinajstić information content (AvgIpc) is 3.22. The van der Waals surface area contributed by atoms with E-state index in [4.69, 9.17) is 0 Å². The number of benzene rings is 2. The van der Waals surface area contributed by atoms with Crippen molar-refractivity contribution in [3.05, 3.63) is 60.3 Å². The second-order valence-corrected chi connectivity index (χ2v) is 6.42. The van der Waals surface area contributed by atoms with E-state index < -0.39 is 11.6 Å². The lowest BCUT2D eigenvalue weighted by Gasteiger charge is -2.15. The number of aromatic nitrogens is 1. The van der Waals surface area contributed by atoms with Gasteiger partial charge in [-0.25, -0.2) is 8.78 Å². The van der Waals surface area contributed by atoms with Crippen LogP contribution in [0.4, 0.5) is 8.78 Å². The van der Waals surface area contributed by atoms with Gasteiger partial charge in [-0.1, -0.05) is 12.1 Å². The summed E-state index contributed by atoms with van der Waals surface area (Å²) in [6.07, 6.45) is 4.65. The Balaban J connectivity index is 1.68. The van der Waals surface area contributed by atoms with E-state index in [2.05, 4.69) is 21.7 Å². The van der Waals surface area contributed by atoms with E-state index in [9.17, 15) is 8.78 Å². The molecule has 0 amide bonds. The molecule has 0 aliphatic carbocycles. The first-order valence-corrected chi connectivity index (χ1v) is 8.48. The fourth-order valence-electron chi connectivity index (χ4n) is 3.62. The number of likely N-dealkylation sites (tertiary alicyclic amines) is 1. The molecule has 1 aliphatic rings.